The lowest BCUT2D eigenvalue weighted by molar-refractivity contribution is -0.116. The maximum absolute atomic E-state index is 13.9. The van der Waals surface area contributed by atoms with E-state index in [4.69, 9.17) is 9.15 Å². The highest BCUT2D eigenvalue weighted by Crippen LogP contribution is 2.48. The summed E-state index contributed by atoms with van der Waals surface area (Å²) in [6.45, 7) is 2.54. The lowest BCUT2D eigenvalue weighted by atomic mass is 9.80. The molecule has 0 unspecified atom stereocenters. The molecular formula is C28H29N3O4. The molecule has 0 saturated heterocycles. The van der Waals surface area contributed by atoms with Crippen LogP contribution in [0.25, 0.3) is 0 Å². The van der Waals surface area contributed by atoms with Gasteiger partial charge in [-0.3, -0.25) is 9.69 Å². The van der Waals surface area contributed by atoms with E-state index >= 15 is 0 Å². The van der Waals surface area contributed by atoms with Crippen molar-refractivity contribution in [2.75, 3.05) is 23.9 Å². The number of hydrogen-bond donors (Lipinski definition) is 2. The minimum atomic E-state index is -0.654. The van der Waals surface area contributed by atoms with Gasteiger partial charge in [0.2, 0.25) is 0 Å². The minimum Gasteiger partial charge on any atom is -0.496 e. The molecule has 35 heavy (non-hydrogen) atoms. The van der Waals surface area contributed by atoms with Gasteiger partial charge in [-0.15, -0.1) is 0 Å². The lowest BCUT2D eigenvalue weighted by Gasteiger charge is -2.35. The zero-order valence-corrected chi connectivity index (χ0v) is 19.9. The third kappa shape index (κ3) is 4.18. The zero-order chi connectivity index (χ0) is 24.4. The lowest BCUT2D eigenvalue weighted by Crippen LogP contribution is -2.44. The minimum absolute atomic E-state index is 0.0165. The molecule has 5 rings (SSSR count). The van der Waals surface area contributed by atoms with E-state index in [-0.39, 0.29) is 17.7 Å². The molecule has 2 aliphatic rings. The maximum atomic E-state index is 13.9. The predicted molar refractivity (Wildman–Crippen MR) is 135 cm³/mol. The number of Topliss-reactive ketones (excluding diaryl/α,β-unsaturated/α-hetero) is 1. The van der Waals surface area contributed by atoms with Crippen LogP contribution in [0.2, 0.25) is 0 Å². The number of nitrogens with zero attached hydrogens (tertiary/aromatic N) is 1. The molecule has 7 nitrogen and oxygen atoms in total. The summed E-state index contributed by atoms with van der Waals surface area (Å²) < 4.78 is 11.4. The van der Waals surface area contributed by atoms with Gasteiger partial charge in [0.05, 0.1) is 30.8 Å². The van der Waals surface area contributed by atoms with Crippen molar-refractivity contribution < 1.29 is 18.7 Å². The van der Waals surface area contributed by atoms with Crippen LogP contribution in [0.15, 0.2) is 82.6 Å². The molecule has 0 saturated carbocycles. The highest BCUT2D eigenvalue weighted by Gasteiger charge is 2.43. The third-order valence-electron chi connectivity index (χ3n) is 6.61. The number of amides is 2. The van der Waals surface area contributed by atoms with Crippen molar-refractivity contribution in [3.63, 3.8) is 0 Å². The number of benzene rings is 2. The van der Waals surface area contributed by atoms with Gasteiger partial charge in [0.1, 0.15) is 11.5 Å². The summed E-state index contributed by atoms with van der Waals surface area (Å²) >= 11 is 0. The van der Waals surface area contributed by atoms with Crippen LogP contribution in [-0.4, -0.2) is 25.5 Å². The van der Waals surface area contributed by atoms with Gasteiger partial charge in [0, 0.05) is 35.7 Å². The Morgan fingerprint density at radius 3 is 2.69 bits per heavy atom. The van der Waals surface area contributed by atoms with Crippen LogP contribution >= 0.6 is 0 Å². The van der Waals surface area contributed by atoms with E-state index in [2.05, 4.69) is 10.6 Å². The number of methoxy groups -OCH3 is 1. The molecule has 1 aliphatic heterocycles. The second-order valence-electron chi connectivity index (χ2n) is 8.82. The van der Waals surface area contributed by atoms with Gasteiger partial charge in [-0.2, -0.15) is 0 Å². The summed E-state index contributed by atoms with van der Waals surface area (Å²) in [5.41, 5.74) is 3.63. The Bertz CT molecular complexity index is 1260. The average molecular weight is 472 g/mol. The van der Waals surface area contributed by atoms with Crippen molar-refractivity contribution in [3.8, 4) is 5.75 Å². The Hall–Kier alpha value is -4.00. The van der Waals surface area contributed by atoms with Crippen LogP contribution in [0.5, 0.6) is 5.75 Å². The second kappa shape index (κ2) is 9.70. The number of anilines is 2. The molecule has 2 amide bonds. The van der Waals surface area contributed by atoms with Crippen molar-refractivity contribution in [3.05, 3.63) is 89.5 Å². The van der Waals surface area contributed by atoms with Crippen molar-refractivity contribution in [2.45, 2.75) is 38.1 Å². The van der Waals surface area contributed by atoms with Crippen molar-refractivity contribution in [1.29, 1.82) is 0 Å². The number of carbonyl (C=O) groups excluding carboxylic acids is 2. The first-order chi connectivity index (χ1) is 17.1. The van der Waals surface area contributed by atoms with E-state index in [1.54, 1.807) is 18.3 Å². The highest BCUT2D eigenvalue weighted by atomic mass is 16.5. The first-order valence-corrected chi connectivity index (χ1v) is 12.0. The fourth-order valence-electron chi connectivity index (χ4n) is 5.04. The quantitative estimate of drug-likeness (QED) is 0.493. The second-order valence-corrected chi connectivity index (χ2v) is 8.82. The highest BCUT2D eigenvalue weighted by molar-refractivity contribution is 6.06. The summed E-state index contributed by atoms with van der Waals surface area (Å²) in [6.07, 6.45) is 3.34. The molecule has 0 radical (unpaired) electrons. The monoisotopic (exact) mass is 471 g/mol. The number of allylic oxidation sites excluding steroid dienone is 1. The average Bonchev–Trinajstić information content (AvgIpc) is 3.37. The van der Waals surface area contributed by atoms with Crippen molar-refractivity contribution in [2.24, 2.45) is 0 Å². The number of fused-ring (bicyclic) bond motifs is 1. The number of carbonyl (C=O) groups is 2. The van der Waals surface area contributed by atoms with Gasteiger partial charge in [-0.05, 0) is 43.2 Å². The van der Waals surface area contributed by atoms with Crippen LogP contribution in [-0.2, 0) is 4.79 Å². The largest absolute Gasteiger partial charge is 0.496 e. The number of hydrogen-bond acceptors (Lipinski definition) is 5. The number of ketones is 1. The van der Waals surface area contributed by atoms with E-state index in [0.717, 1.165) is 29.1 Å². The summed E-state index contributed by atoms with van der Waals surface area (Å²) in [7, 11) is 1.61. The Balaban J connectivity index is 1.73. The SMILES string of the molecule is CCCNC(=O)N1c2ccccc2NC2=C(C(=O)C[C@@H](c3ccco3)C2)[C@H]1c1ccccc1OC. The van der Waals surface area contributed by atoms with E-state index in [9.17, 15) is 9.59 Å². The van der Waals surface area contributed by atoms with Crippen LogP contribution in [0.3, 0.4) is 0 Å². The van der Waals surface area contributed by atoms with Crippen LogP contribution in [0, 0.1) is 0 Å². The van der Waals surface area contributed by atoms with Gasteiger partial charge < -0.3 is 19.8 Å². The van der Waals surface area contributed by atoms with E-state index in [1.807, 2.05) is 67.6 Å². The number of urea groups is 1. The molecule has 1 aliphatic carbocycles. The summed E-state index contributed by atoms with van der Waals surface area (Å²) in [5.74, 6) is 1.32. The zero-order valence-electron chi connectivity index (χ0n) is 19.9. The fraction of sp³-hybridized carbons (Fsp3) is 0.286. The number of furan rings is 1. The van der Waals surface area contributed by atoms with Gasteiger partial charge in [-0.1, -0.05) is 37.3 Å². The standard InChI is InChI=1S/C28H29N3O4/c1-3-14-29-28(33)31-22-11-6-5-10-20(22)30-21-16-18(24-13-8-15-35-24)17-23(32)26(21)27(31)19-9-4-7-12-25(19)34-2/h4-13,15,18,27,30H,3,14,16-17H2,1-2H3,(H,29,33)/t18-,27+/m0/s1. The molecule has 2 aromatic carbocycles. The first kappa shape index (κ1) is 22.8. The number of ether oxygens (including phenoxy) is 1. The molecule has 0 bridgehead atoms. The Labute approximate surface area is 204 Å². The first-order valence-electron chi connectivity index (χ1n) is 12.0. The van der Waals surface area contributed by atoms with Crippen molar-refractivity contribution in [1.82, 2.24) is 5.32 Å². The number of rotatable bonds is 5. The third-order valence-corrected chi connectivity index (χ3v) is 6.61. The Morgan fingerprint density at radius 1 is 1.11 bits per heavy atom. The smallest absolute Gasteiger partial charge is 0.322 e. The molecule has 0 spiro atoms. The van der Waals surface area contributed by atoms with Gasteiger partial charge >= 0.3 is 6.03 Å². The molecule has 2 atom stereocenters. The maximum Gasteiger partial charge on any atom is 0.322 e. The van der Waals surface area contributed by atoms with Crippen LogP contribution in [0.1, 0.15) is 49.5 Å². The summed E-state index contributed by atoms with van der Waals surface area (Å²) in [5, 5.41) is 6.54. The summed E-state index contributed by atoms with van der Waals surface area (Å²) in [4.78, 5) is 29.2. The Kier molecular flexibility index (Phi) is 6.31. The topological polar surface area (TPSA) is 83.8 Å². The molecule has 3 aromatic rings. The number of nitrogens with one attached hydrogen (secondary N) is 2. The van der Waals surface area contributed by atoms with Gasteiger partial charge in [0.25, 0.3) is 0 Å². The van der Waals surface area contributed by atoms with E-state index < -0.39 is 6.04 Å². The molecule has 0 fully saturated rings. The van der Waals surface area contributed by atoms with Crippen LogP contribution < -0.4 is 20.3 Å². The fourth-order valence-corrected chi connectivity index (χ4v) is 5.04. The molecule has 180 valence electrons. The Morgan fingerprint density at radius 2 is 1.91 bits per heavy atom. The molecule has 1 aromatic heterocycles. The molecule has 2 N–H and O–H groups in total. The van der Waals surface area contributed by atoms with E-state index in [1.165, 1.54) is 0 Å². The van der Waals surface area contributed by atoms with Crippen molar-refractivity contribution >= 4 is 23.2 Å². The normalized spacial score (nSPS) is 19.4. The molecular weight excluding hydrogens is 442 g/mol. The van der Waals surface area contributed by atoms with Crippen LogP contribution in [0.4, 0.5) is 16.2 Å². The predicted octanol–water partition coefficient (Wildman–Crippen LogP) is 5.78. The molecule has 2 heterocycles. The molecule has 7 heteroatoms. The van der Waals surface area contributed by atoms with Gasteiger partial charge in [0.15, 0.2) is 5.78 Å². The van der Waals surface area contributed by atoms with E-state index in [0.29, 0.717) is 36.4 Å². The van der Waals surface area contributed by atoms with Gasteiger partial charge in [-0.25, -0.2) is 4.79 Å². The number of para-hydroxylation sites is 3. The summed E-state index contributed by atoms with van der Waals surface area (Å²) in [6, 6.07) is 18.1.